The van der Waals surface area contributed by atoms with Gasteiger partial charge < -0.3 is 33.8 Å². The average Bonchev–Trinajstić information content (AvgIpc) is 0.929. The molecule has 0 amide bonds. The SMILES string of the molecule is CCCCCC/C=C\C=C/CCCCCCCC(=O)O[C@H](COC(=O)CCCCCCCCC)COP(=O)(O)OC[C@H](O)COP(=O)(O)OC[C@@H](COC(=O)CCCCCCCCCCCCCCCCCCCCC)OC(=O)CCCCCCCCCCCCCCCCCCCCCCCC. The van der Waals surface area contributed by atoms with Crippen molar-refractivity contribution in [2.75, 3.05) is 39.6 Å². The van der Waals surface area contributed by atoms with Crippen molar-refractivity contribution in [1.82, 2.24) is 0 Å². The van der Waals surface area contributed by atoms with Crippen molar-refractivity contribution in [3.05, 3.63) is 24.3 Å². The van der Waals surface area contributed by atoms with E-state index in [1.165, 1.54) is 238 Å². The molecular weight excluding hydrogens is 1340 g/mol. The number of esters is 4. The minimum absolute atomic E-state index is 0.0853. The predicted molar refractivity (Wildman–Crippen MR) is 423 cm³/mol. The number of ether oxygens (including phenoxy) is 4. The summed E-state index contributed by atoms with van der Waals surface area (Å²) in [5, 5.41) is 10.6. The standard InChI is InChI=1S/C84H160O17P2/c1-5-9-13-17-21-24-27-30-33-35-37-38-39-41-43-46-49-52-55-59-63-67-71-84(89)101-80(75-95-82(87)69-65-61-57-53-50-47-45-42-40-36-34-31-28-25-22-18-14-10-6-2)77-99-103(92,93)97-73-78(85)72-96-102(90,91)98-76-79(74-94-81(86)68-64-60-56-20-16-12-8-4)100-83(88)70-66-62-58-54-51-48-44-32-29-26-23-19-15-11-7-3/h26,29,32,44,78-80,85H,5-25,27-28,30-31,33-43,45-77H2,1-4H3,(H,90,91)(H,92,93)/b29-26-,44-32-/t78-,79+,80+/m0/s1. The fourth-order valence-electron chi connectivity index (χ4n) is 12.6. The molecule has 0 fully saturated rings. The third kappa shape index (κ3) is 77.5. The highest BCUT2D eigenvalue weighted by Crippen LogP contribution is 2.45. The van der Waals surface area contributed by atoms with Crippen LogP contribution in [0.4, 0.5) is 0 Å². The highest BCUT2D eigenvalue weighted by atomic mass is 31.2. The van der Waals surface area contributed by atoms with E-state index in [0.717, 1.165) is 116 Å². The predicted octanol–water partition coefficient (Wildman–Crippen LogP) is 25.3. The van der Waals surface area contributed by atoms with E-state index >= 15 is 0 Å². The van der Waals surface area contributed by atoms with Gasteiger partial charge in [-0.3, -0.25) is 37.3 Å². The van der Waals surface area contributed by atoms with Crippen molar-refractivity contribution in [3.63, 3.8) is 0 Å². The molecule has 0 rings (SSSR count). The van der Waals surface area contributed by atoms with E-state index in [1.807, 2.05) is 0 Å². The van der Waals surface area contributed by atoms with E-state index < -0.39 is 97.5 Å². The topological polar surface area (TPSA) is 237 Å². The molecule has 3 N–H and O–H groups in total. The molecular formula is C84H160O17P2. The molecule has 17 nitrogen and oxygen atoms in total. The molecule has 608 valence electrons. The molecule has 103 heavy (non-hydrogen) atoms. The Morgan fingerprint density at radius 1 is 0.272 bits per heavy atom. The Labute approximate surface area is 631 Å². The number of phosphoric acid groups is 2. The Balaban J connectivity index is 5.18. The van der Waals surface area contributed by atoms with Crippen LogP contribution in [-0.2, 0) is 65.4 Å². The van der Waals surface area contributed by atoms with Crippen LogP contribution >= 0.6 is 15.6 Å². The summed E-state index contributed by atoms with van der Waals surface area (Å²) in [6.07, 6.45) is 74.7. The molecule has 0 bridgehead atoms. The maximum absolute atomic E-state index is 13.1. The zero-order chi connectivity index (χ0) is 75.3. The molecule has 0 aromatic rings. The molecule has 0 aliphatic rings. The summed E-state index contributed by atoms with van der Waals surface area (Å²) in [6.45, 7) is 4.92. The van der Waals surface area contributed by atoms with Gasteiger partial charge in [0.15, 0.2) is 12.2 Å². The smallest absolute Gasteiger partial charge is 0.462 e. The van der Waals surface area contributed by atoms with Crippen LogP contribution in [-0.4, -0.2) is 96.7 Å². The summed E-state index contributed by atoms with van der Waals surface area (Å²) in [7, 11) is -9.93. The lowest BCUT2D eigenvalue weighted by Gasteiger charge is -2.21. The van der Waals surface area contributed by atoms with Gasteiger partial charge in [0.05, 0.1) is 26.4 Å². The number of carbonyl (C=O) groups is 4. The highest BCUT2D eigenvalue weighted by Gasteiger charge is 2.30. The Morgan fingerprint density at radius 3 is 0.709 bits per heavy atom. The Bertz CT molecular complexity index is 2040. The van der Waals surface area contributed by atoms with Crippen LogP contribution in [0.2, 0.25) is 0 Å². The van der Waals surface area contributed by atoms with Crippen molar-refractivity contribution in [2.45, 2.75) is 451 Å². The molecule has 5 atom stereocenters. The van der Waals surface area contributed by atoms with Crippen molar-refractivity contribution < 1.29 is 80.2 Å². The van der Waals surface area contributed by atoms with E-state index in [9.17, 15) is 43.2 Å². The molecule has 0 aliphatic heterocycles. The van der Waals surface area contributed by atoms with Gasteiger partial charge in [-0.05, 0) is 51.4 Å². The molecule has 0 radical (unpaired) electrons. The molecule has 0 saturated heterocycles. The third-order valence-corrected chi connectivity index (χ3v) is 21.1. The minimum atomic E-state index is -4.97. The average molecular weight is 1500 g/mol. The summed E-state index contributed by atoms with van der Waals surface area (Å²) < 4.78 is 68.6. The molecule has 19 heteroatoms. The van der Waals surface area contributed by atoms with Crippen LogP contribution < -0.4 is 0 Å². The first-order valence-electron chi connectivity index (χ1n) is 43.1. The van der Waals surface area contributed by atoms with E-state index in [4.69, 9.17) is 37.0 Å². The Kier molecular flexibility index (Phi) is 75.8. The number of aliphatic hydroxyl groups excluding tert-OH is 1. The normalized spacial score (nSPS) is 13.9. The monoisotopic (exact) mass is 1500 g/mol. The van der Waals surface area contributed by atoms with Gasteiger partial charge in [-0.15, -0.1) is 0 Å². The number of phosphoric ester groups is 2. The van der Waals surface area contributed by atoms with Crippen LogP contribution in [0.25, 0.3) is 0 Å². The molecule has 0 aromatic carbocycles. The van der Waals surface area contributed by atoms with Gasteiger partial charge in [0.2, 0.25) is 0 Å². The maximum Gasteiger partial charge on any atom is 0.472 e. The number of unbranched alkanes of at least 4 members (excludes halogenated alkanes) is 54. The quantitative estimate of drug-likeness (QED) is 0.0169. The van der Waals surface area contributed by atoms with Gasteiger partial charge in [-0.25, -0.2) is 9.13 Å². The van der Waals surface area contributed by atoms with Gasteiger partial charge in [0.1, 0.15) is 19.3 Å². The van der Waals surface area contributed by atoms with Crippen molar-refractivity contribution in [1.29, 1.82) is 0 Å². The molecule has 0 spiro atoms. The van der Waals surface area contributed by atoms with Crippen LogP contribution in [0.1, 0.15) is 432 Å². The largest absolute Gasteiger partial charge is 0.472 e. The van der Waals surface area contributed by atoms with E-state index in [1.54, 1.807) is 0 Å². The summed E-state index contributed by atoms with van der Waals surface area (Å²) in [5.74, 6) is -2.14. The molecule has 2 unspecified atom stereocenters. The first kappa shape index (κ1) is 101. The summed E-state index contributed by atoms with van der Waals surface area (Å²) >= 11 is 0. The molecule has 0 aliphatic carbocycles. The Morgan fingerprint density at radius 2 is 0.466 bits per heavy atom. The number of hydrogen-bond donors (Lipinski definition) is 3. The number of rotatable bonds is 83. The summed E-state index contributed by atoms with van der Waals surface area (Å²) in [4.78, 5) is 72.9. The lowest BCUT2D eigenvalue weighted by molar-refractivity contribution is -0.161. The number of aliphatic hydroxyl groups is 1. The number of hydrogen-bond acceptors (Lipinski definition) is 15. The number of allylic oxidation sites excluding steroid dienone is 4. The van der Waals surface area contributed by atoms with Crippen molar-refractivity contribution >= 4 is 39.5 Å². The van der Waals surface area contributed by atoms with Gasteiger partial charge in [-0.2, -0.15) is 0 Å². The zero-order valence-corrected chi connectivity index (χ0v) is 68.6. The molecule has 0 aromatic heterocycles. The van der Waals surface area contributed by atoms with E-state index in [2.05, 4.69) is 52.0 Å². The maximum atomic E-state index is 13.1. The lowest BCUT2D eigenvalue weighted by Crippen LogP contribution is -2.30. The second kappa shape index (κ2) is 77.7. The number of carbonyl (C=O) groups excluding carboxylic acids is 4. The third-order valence-electron chi connectivity index (χ3n) is 19.2. The Hall–Kier alpha value is -2.46. The van der Waals surface area contributed by atoms with E-state index in [0.29, 0.717) is 25.7 Å². The van der Waals surface area contributed by atoms with Crippen molar-refractivity contribution in [2.24, 2.45) is 0 Å². The van der Waals surface area contributed by atoms with Crippen molar-refractivity contribution in [3.8, 4) is 0 Å². The zero-order valence-electron chi connectivity index (χ0n) is 66.8. The van der Waals surface area contributed by atoms with Gasteiger partial charge in [0.25, 0.3) is 0 Å². The minimum Gasteiger partial charge on any atom is -0.462 e. The first-order valence-corrected chi connectivity index (χ1v) is 46.1. The van der Waals surface area contributed by atoms with Crippen LogP contribution in [0.3, 0.4) is 0 Å². The van der Waals surface area contributed by atoms with Crippen LogP contribution in [0, 0.1) is 0 Å². The molecule has 0 saturated carbocycles. The fraction of sp³-hybridized carbons (Fsp3) is 0.905. The van der Waals surface area contributed by atoms with Gasteiger partial charge >= 0.3 is 39.5 Å². The highest BCUT2D eigenvalue weighted by molar-refractivity contribution is 7.47. The van der Waals surface area contributed by atoms with Crippen LogP contribution in [0.5, 0.6) is 0 Å². The van der Waals surface area contributed by atoms with E-state index in [-0.39, 0.29) is 25.7 Å². The second-order valence-electron chi connectivity index (χ2n) is 29.5. The lowest BCUT2D eigenvalue weighted by atomic mass is 10.0. The van der Waals surface area contributed by atoms with Crippen LogP contribution in [0.15, 0.2) is 24.3 Å². The van der Waals surface area contributed by atoms with Gasteiger partial charge in [-0.1, -0.05) is 379 Å². The molecule has 0 heterocycles. The summed E-state index contributed by atoms with van der Waals surface area (Å²) in [6, 6.07) is 0. The summed E-state index contributed by atoms with van der Waals surface area (Å²) in [5.41, 5.74) is 0. The second-order valence-corrected chi connectivity index (χ2v) is 32.4. The fourth-order valence-corrected chi connectivity index (χ4v) is 14.2. The van der Waals surface area contributed by atoms with Gasteiger partial charge in [0, 0.05) is 25.7 Å². The first-order chi connectivity index (χ1) is 50.2.